The lowest BCUT2D eigenvalue weighted by Crippen LogP contribution is -2.24. The van der Waals surface area contributed by atoms with Crippen LogP contribution in [0, 0.1) is 0 Å². The van der Waals surface area contributed by atoms with E-state index in [9.17, 15) is 9.59 Å². The Kier molecular flexibility index (Phi) is 5.45. The molecule has 19 heavy (non-hydrogen) atoms. The number of benzene rings is 1. The van der Waals surface area contributed by atoms with Crippen molar-refractivity contribution in [2.45, 2.75) is 25.9 Å². The molecule has 1 aromatic rings. The highest BCUT2D eigenvalue weighted by atomic mass is 16.5. The molecule has 1 unspecified atom stereocenters. The Labute approximate surface area is 112 Å². The lowest BCUT2D eigenvalue weighted by atomic mass is 9.99. The van der Waals surface area contributed by atoms with Crippen LogP contribution < -0.4 is 0 Å². The molecule has 0 aliphatic carbocycles. The first-order valence-electron chi connectivity index (χ1n) is 5.96. The standard InChI is InChI=1S/C15H18O4/c1-10(8-11(2)16)13-6-4-12(5-7-13)9-14(19-3)15(17)18/h4-7,14H,1,8-9H2,2-3H3,(H,17,18). The van der Waals surface area contributed by atoms with E-state index in [0.29, 0.717) is 12.8 Å². The number of aliphatic carboxylic acids is 1. The van der Waals surface area contributed by atoms with Crippen molar-refractivity contribution in [2.24, 2.45) is 0 Å². The van der Waals surface area contributed by atoms with E-state index in [1.807, 2.05) is 24.3 Å². The predicted octanol–water partition coefficient (Wildman–Crippen LogP) is 2.32. The number of allylic oxidation sites excluding steroid dienone is 1. The normalized spacial score (nSPS) is 11.9. The van der Waals surface area contributed by atoms with Gasteiger partial charge in [0.15, 0.2) is 6.10 Å². The second-order valence-electron chi connectivity index (χ2n) is 4.45. The van der Waals surface area contributed by atoms with Gasteiger partial charge in [0.2, 0.25) is 0 Å². The van der Waals surface area contributed by atoms with Gasteiger partial charge in [0.1, 0.15) is 5.78 Å². The Morgan fingerprint density at radius 3 is 2.32 bits per heavy atom. The van der Waals surface area contributed by atoms with E-state index < -0.39 is 12.1 Å². The molecule has 0 spiro atoms. The number of ether oxygens (including phenoxy) is 1. The first kappa shape index (κ1) is 15.1. The molecule has 1 atom stereocenters. The third-order valence-corrected chi connectivity index (χ3v) is 2.81. The van der Waals surface area contributed by atoms with Crippen molar-refractivity contribution in [3.05, 3.63) is 42.0 Å². The van der Waals surface area contributed by atoms with E-state index >= 15 is 0 Å². The van der Waals surface area contributed by atoms with Crippen molar-refractivity contribution < 1.29 is 19.4 Å². The molecule has 0 aromatic heterocycles. The summed E-state index contributed by atoms with van der Waals surface area (Å²) >= 11 is 0. The minimum Gasteiger partial charge on any atom is -0.479 e. The van der Waals surface area contributed by atoms with Crippen LogP contribution in [0.3, 0.4) is 0 Å². The maximum absolute atomic E-state index is 11.0. The van der Waals surface area contributed by atoms with Crippen LogP contribution in [0.5, 0.6) is 0 Å². The molecule has 1 aromatic carbocycles. The number of carbonyl (C=O) groups is 2. The van der Waals surface area contributed by atoms with Gasteiger partial charge < -0.3 is 9.84 Å². The zero-order chi connectivity index (χ0) is 14.4. The largest absolute Gasteiger partial charge is 0.479 e. The number of carboxylic acids is 1. The van der Waals surface area contributed by atoms with Crippen LogP contribution in [0.25, 0.3) is 5.57 Å². The van der Waals surface area contributed by atoms with E-state index in [1.165, 1.54) is 14.0 Å². The first-order valence-corrected chi connectivity index (χ1v) is 5.96. The van der Waals surface area contributed by atoms with Gasteiger partial charge in [-0.1, -0.05) is 30.8 Å². The number of hydrogen-bond acceptors (Lipinski definition) is 3. The SMILES string of the molecule is C=C(CC(C)=O)c1ccc(CC(OC)C(=O)O)cc1. The Bertz CT molecular complexity index is 473. The highest BCUT2D eigenvalue weighted by molar-refractivity contribution is 5.87. The monoisotopic (exact) mass is 262 g/mol. The molecule has 0 aliphatic rings. The molecule has 0 bridgehead atoms. The molecule has 4 heteroatoms. The highest BCUT2D eigenvalue weighted by Crippen LogP contribution is 2.18. The number of ketones is 1. The molecule has 1 N–H and O–H groups in total. The third kappa shape index (κ3) is 4.67. The van der Waals surface area contributed by atoms with Crippen LogP contribution in [0.4, 0.5) is 0 Å². The van der Waals surface area contributed by atoms with E-state index in [2.05, 4.69) is 6.58 Å². The molecule has 102 valence electrons. The average Bonchev–Trinajstić information content (AvgIpc) is 2.35. The van der Waals surface area contributed by atoms with Crippen LogP contribution in [0.15, 0.2) is 30.8 Å². The summed E-state index contributed by atoms with van der Waals surface area (Å²) in [6, 6.07) is 7.34. The van der Waals surface area contributed by atoms with Gasteiger partial charge in [-0.15, -0.1) is 0 Å². The molecule has 0 fully saturated rings. The number of Topliss-reactive ketones (excluding diaryl/α,β-unsaturated/α-hetero) is 1. The Hall–Kier alpha value is -1.94. The number of carbonyl (C=O) groups excluding carboxylic acids is 1. The van der Waals surface area contributed by atoms with Gasteiger partial charge in [0, 0.05) is 20.0 Å². The molecule has 0 saturated carbocycles. The summed E-state index contributed by atoms with van der Waals surface area (Å²) in [6.45, 7) is 5.38. The minimum atomic E-state index is -0.979. The zero-order valence-corrected chi connectivity index (χ0v) is 11.2. The molecule has 0 aliphatic heterocycles. The van der Waals surface area contributed by atoms with Crippen LogP contribution in [0.2, 0.25) is 0 Å². The maximum Gasteiger partial charge on any atom is 0.333 e. The van der Waals surface area contributed by atoms with Crippen molar-refractivity contribution in [1.29, 1.82) is 0 Å². The van der Waals surface area contributed by atoms with Crippen molar-refractivity contribution in [1.82, 2.24) is 0 Å². The summed E-state index contributed by atoms with van der Waals surface area (Å²) in [5.41, 5.74) is 2.53. The van der Waals surface area contributed by atoms with Gasteiger partial charge in [-0.2, -0.15) is 0 Å². The fourth-order valence-corrected chi connectivity index (χ4v) is 1.76. The molecule has 0 saturated heterocycles. The maximum atomic E-state index is 11.0. The quantitative estimate of drug-likeness (QED) is 0.819. The number of hydrogen-bond donors (Lipinski definition) is 1. The van der Waals surface area contributed by atoms with E-state index in [-0.39, 0.29) is 5.78 Å². The molecule has 0 amide bonds. The van der Waals surface area contributed by atoms with Crippen LogP contribution in [-0.4, -0.2) is 30.1 Å². The van der Waals surface area contributed by atoms with Crippen LogP contribution in [0.1, 0.15) is 24.5 Å². The van der Waals surface area contributed by atoms with Crippen molar-refractivity contribution in [3.63, 3.8) is 0 Å². The highest BCUT2D eigenvalue weighted by Gasteiger charge is 2.16. The van der Waals surface area contributed by atoms with Crippen molar-refractivity contribution in [3.8, 4) is 0 Å². The zero-order valence-electron chi connectivity index (χ0n) is 11.2. The summed E-state index contributed by atoms with van der Waals surface area (Å²) < 4.78 is 4.88. The summed E-state index contributed by atoms with van der Waals surface area (Å²) in [4.78, 5) is 21.9. The van der Waals surface area contributed by atoms with Crippen LogP contribution >= 0.6 is 0 Å². The van der Waals surface area contributed by atoms with Crippen molar-refractivity contribution >= 4 is 17.3 Å². The lowest BCUT2D eigenvalue weighted by molar-refractivity contribution is -0.148. The molecule has 0 heterocycles. The minimum absolute atomic E-state index is 0.0689. The molecule has 0 radical (unpaired) electrons. The Balaban J connectivity index is 2.73. The fourth-order valence-electron chi connectivity index (χ4n) is 1.76. The van der Waals surface area contributed by atoms with E-state index in [4.69, 9.17) is 9.84 Å². The van der Waals surface area contributed by atoms with E-state index in [0.717, 1.165) is 16.7 Å². The number of carboxylic acid groups (broad SMARTS) is 1. The van der Waals surface area contributed by atoms with Gasteiger partial charge in [-0.05, 0) is 23.6 Å². The summed E-state index contributed by atoms with van der Waals surface area (Å²) in [5, 5.41) is 8.90. The number of rotatable bonds is 7. The summed E-state index contributed by atoms with van der Waals surface area (Å²) in [5.74, 6) is -0.910. The van der Waals surface area contributed by atoms with Gasteiger partial charge >= 0.3 is 5.97 Å². The van der Waals surface area contributed by atoms with Crippen LogP contribution in [-0.2, 0) is 20.7 Å². The molecule has 4 nitrogen and oxygen atoms in total. The lowest BCUT2D eigenvalue weighted by Gasteiger charge is -2.11. The van der Waals surface area contributed by atoms with Gasteiger partial charge in [0.05, 0.1) is 0 Å². The molecular weight excluding hydrogens is 244 g/mol. The van der Waals surface area contributed by atoms with Gasteiger partial charge in [0.25, 0.3) is 0 Å². The summed E-state index contributed by atoms with van der Waals surface area (Å²) in [6.07, 6.45) is -0.202. The second-order valence-corrected chi connectivity index (χ2v) is 4.45. The molecule has 1 rings (SSSR count). The third-order valence-electron chi connectivity index (χ3n) is 2.81. The average molecular weight is 262 g/mol. The smallest absolute Gasteiger partial charge is 0.333 e. The predicted molar refractivity (Wildman–Crippen MR) is 72.9 cm³/mol. The first-order chi connectivity index (χ1) is 8.93. The number of methoxy groups -OCH3 is 1. The summed E-state index contributed by atoms with van der Waals surface area (Å²) in [7, 11) is 1.38. The van der Waals surface area contributed by atoms with E-state index in [1.54, 1.807) is 0 Å². The fraction of sp³-hybridized carbons (Fsp3) is 0.333. The van der Waals surface area contributed by atoms with Gasteiger partial charge in [-0.25, -0.2) is 4.79 Å². The van der Waals surface area contributed by atoms with Crippen molar-refractivity contribution in [2.75, 3.05) is 7.11 Å². The Morgan fingerprint density at radius 2 is 1.89 bits per heavy atom. The second kappa shape index (κ2) is 6.85. The topological polar surface area (TPSA) is 63.6 Å². The molecular formula is C15H18O4. The Morgan fingerprint density at radius 1 is 1.32 bits per heavy atom. The van der Waals surface area contributed by atoms with Gasteiger partial charge in [-0.3, -0.25) is 4.79 Å².